The van der Waals surface area contributed by atoms with Crippen molar-refractivity contribution in [3.63, 3.8) is 0 Å². The zero-order valence-corrected chi connectivity index (χ0v) is 17.8. The molecule has 0 radical (unpaired) electrons. The van der Waals surface area contributed by atoms with Gasteiger partial charge in [-0.3, -0.25) is 0 Å². The van der Waals surface area contributed by atoms with Gasteiger partial charge < -0.3 is 19.5 Å². The van der Waals surface area contributed by atoms with Crippen molar-refractivity contribution in [3.05, 3.63) is 36.5 Å². The number of aromatic nitrogens is 6. The highest BCUT2D eigenvalue weighted by atomic mass is 16.5. The van der Waals surface area contributed by atoms with Gasteiger partial charge in [0.15, 0.2) is 5.65 Å². The number of nitrogens with zero attached hydrogens (tertiary/aromatic N) is 7. The van der Waals surface area contributed by atoms with Gasteiger partial charge in [0.1, 0.15) is 5.82 Å². The van der Waals surface area contributed by atoms with Crippen LogP contribution in [-0.2, 0) is 4.74 Å². The molecule has 0 amide bonds. The predicted molar refractivity (Wildman–Crippen MR) is 118 cm³/mol. The molecule has 0 aliphatic carbocycles. The van der Waals surface area contributed by atoms with Crippen molar-refractivity contribution in [2.45, 2.75) is 31.8 Å². The lowest BCUT2D eigenvalue weighted by Gasteiger charge is -2.36. The number of aryl methyl sites for hydroxylation is 1. The smallest absolute Gasteiger partial charge is 0.241 e. The van der Waals surface area contributed by atoms with Crippen LogP contribution in [0.4, 0.5) is 5.95 Å². The first kappa shape index (κ1) is 18.7. The molecule has 0 unspecified atom stereocenters. The lowest BCUT2D eigenvalue weighted by atomic mass is 10.1. The molecular weight excluding hydrogens is 392 g/mol. The van der Waals surface area contributed by atoms with Gasteiger partial charge in [-0.25, -0.2) is 19.5 Å². The molecule has 2 fully saturated rings. The van der Waals surface area contributed by atoms with Crippen LogP contribution in [0.2, 0.25) is 0 Å². The van der Waals surface area contributed by atoms with Crippen LogP contribution >= 0.6 is 0 Å². The first-order valence-electron chi connectivity index (χ1n) is 10.9. The number of imidazole rings is 1. The zero-order valence-electron chi connectivity index (χ0n) is 17.8. The molecule has 9 nitrogen and oxygen atoms in total. The van der Waals surface area contributed by atoms with Gasteiger partial charge in [0.25, 0.3) is 0 Å². The van der Waals surface area contributed by atoms with Crippen molar-refractivity contribution in [3.8, 4) is 11.1 Å². The minimum absolute atomic E-state index is 0.407. The second kappa shape index (κ2) is 7.28. The summed E-state index contributed by atoms with van der Waals surface area (Å²) in [6.45, 7) is 5.69. The Balaban J connectivity index is 1.36. The monoisotopic (exact) mass is 418 g/mol. The molecule has 4 aromatic rings. The standard InChI is InChI=1S/C22H26N8O/c1-14-25-21-19(30(14)17-4-7-31-8-5-17)9-15(10-23-21)18-3-6-29-20(18)11-24-22(27-29)26-16-12-28(2)13-16/h3,6,9-11,16-17H,4-5,7-8,12-13H2,1-2H3,(H,26,27). The van der Waals surface area contributed by atoms with E-state index >= 15 is 0 Å². The summed E-state index contributed by atoms with van der Waals surface area (Å²) in [4.78, 5) is 16.2. The largest absolute Gasteiger partial charge is 0.381 e. The summed E-state index contributed by atoms with van der Waals surface area (Å²) in [5.41, 5.74) is 4.96. The highest BCUT2D eigenvalue weighted by molar-refractivity contribution is 5.85. The van der Waals surface area contributed by atoms with Crippen LogP contribution in [0.15, 0.2) is 30.7 Å². The number of hydrogen-bond donors (Lipinski definition) is 1. The first-order valence-corrected chi connectivity index (χ1v) is 10.9. The maximum atomic E-state index is 5.56. The van der Waals surface area contributed by atoms with Crippen LogP contribution in [0.25, 0.3) is 27.8 Å². The van der Waals surface area contributed by atoms with Crippen LogP contribution in [-0.4, -0.2) is 73.4 Å². The number of fused-ring (bicyclic) bond motifs is 2. The summed E-state index contributed by atoms with van der Waals surface area (Å²) >= 11 is 0. The van der Waals surface area contributed by atoms with E-state index in [-0.39, 0.29) is 0 Å². The van der Waals surface area contributed by atoms with Gasteiger partial charge in [0.2, 0.25) is 5.95 Å². The molecule has 4 aromatic heterocycles. The molecule has 1 N–H and O–H groups in total. The number of pyridine rings is 1. The minimum atomic E-state index is 0.407. The van der Waals surface area contributed by atoms with Crippen molar-refractivity contribution in [1.29, 1.82) is 0 Å². The van der Waals surface area contributed by atoms with Gasteiger partial charge in [0, 0.05) is 55.9 Å². The Morgan fingerprint density at radius 1 is 1.10 bits per heavy atom. The van der Waals surface area contributed by atoms with Crippen molar-refractivity contribution in [2.75, 3.05) is 38.7 Å². The molecule has 2 aliphatic rings. The predicted octanol–water partition coefficient (Wildman–Crippen LogP) is 2.53. The lowest BCUT2D eigenvalue weighted by Crippen LogP contribution is -2.52. The number of ether oxygens (including phenoxy) is 1. The summed E-state index contributed by atoms with van der Waals surface area (Å²) < 4.78 is 9.78. The lowest BCUT2D eigenvalue weighted by molar-refractivity contribution is 0.0701. The van der Waals surface area contributed by atoms with E-state index in [1.165, 1.54) is 0 Å². The fourth-order valence-electron chi connectivity index (χ4n) is 4.83. The Kier molecular flexibility index (Phi) is 4.39. The summed E-state index contributed by atoms with van der Waals surface area (Å²) in [7, 11) is 2.11. The van der Waals surface area contributed by atoms with Crippen LogP contribution in [0.3, 0.4) is 0 Å². The fourth-order valence-corrected chi connectivity index (χ4v) is 4.83. The van der Waals surface area contributed by atoms with Crippen molar-refractivity contribution < 1.29 is 4.74 Å². The van der Waals surface area contributed by atoms with Crippen LogP contribution in [0.1, 0.15) is 24.7 Å². The molecule has 6 rings (SSSR count). The van der Waals surface area contributed by atoms with Crippen molar-refractivity contribution in [1.82, 2.24) is 34.0 Å². The zero-order chi connectivity index (χ0) is 20.9. The summed E-state index contributed by atoms with van der Waals surface area (Å²) in [6.07, 6.45) is 7.78. The molecule has 0 saturated carbocycles. The van der Waals surface area contributed by atoms with Gasteiger partial charge in [-0.2, -0.15) is 0 Å². The molecule has 2 saturated heterocycles. The Morgan fingerprint density at radius 2 is 1.94 bits per heavy atom. The Morgan fingerprint density at radius 3 is 2.74 bits per heavy atom. The number of rotatable bonds is 4. The minimum Gasteiger partial charge on any atom is -0.381 e. The SMILES string of the molecule is Cc1nc2ncc(-c3ccn4nc(NC5CN(C)C5)ncc34)cc2n1C1CCOCC1. The average molecular weight is 419 g/mol. The molecular formula is C22H26N8O. The topological polar surface area (TPSA) is 85.4 Å². The van der Waals surface area contributed by atoms with Gasteiger partial charge in [0.05, 0.1) is 23.3 Å². The van der Waals surface area contributed by atoms with E-state index in [0.29, 0.717) is 18.0 Å². The quantitative estimate of drug-likeness (QED) is 0.545. The van der Waals surface area contributed by atoms with Crippen molar-refractivity contribution >= 4 is 22.6 Å². The third-order valence-electron chi connectivity index (χ3n) is 6.40. The van der Waals surface area contributed by atoms with E-state index in [2.05, 4.69) is 56.0 Å². The molecule has 2 aliphatic heterocycles. The van der Waals surface area contributed by atoms with Gasteiger partial charge in [-0.1, -0.05) is 0 Å². The van der Waals surface area contributed by atoms with Crippen LogP contribution in [0.5, 0.6) is 0 Å². The van der Waals surface area contributed by atoms with E-state index in [4.69, 9.17) is 9.72 Å². The molecule has 31 heavy (non-hydrogen) atoms. The average Bonchev–Trinajstić information content (AvgIpc) is 3.32. The highest BCUT2D eigenvalue weighted by Crippen LogP contribution is 2.31. The Labute approximate surface area is 180 Å². The maximum Gasteiger partial charge on any atom is 0.241 e. The molecule has 0 aromatic carbocycles. The summed E-state index contributed by atoms with van der Waals surface area (Å²) in [5.74, 6) is 1.67. The van der Waals surface area contributed by atoms with Crippen LogP contribution in [0, 0.1) is 6.92 Å². The molecule has 6 heterocycles. The van der Waals surface area contributed by atoms with E-state index in [0.717, 1.165) is 72.8 Å². The van der Waals surface area contributed by atoms with E-state index in [1.54, 1.807) is 0 Å². The number of anilines is 1. The van der Waals surface area contributed by atoms with E-state index < -0.39 is 0 Å². The van der Waals surface area contributed by atoms with Crippen molar-refractivity contribution in [2.24, 2.45) is 0 Å². The molecule has 0 bridgehead atoms. The molecule has 160 valence electrons. The normalized spacial score (nSPS) is 18.6. The fraction of sp³-hybridized carbons (Fsp3) is 0.455. The van der Waals surface area contributed by atoms with Gasteiger partial charge >= 0.3 is 0 Å². The maximum absolute atomic E-state index is 5.56. The number of likely N-dealkylation sites (N-methyl/N-ethyl adjacent to an activating group) is 1. The molecule has 9 heteroatoms. The second-order valence-electron chi connectivity index (χ2n) is 8.64. The summed E-state index contributed by atoms with van der Waals surface area (Å²) in [5, 5.41) is 8.05. The third-order valence-corrected chi connectivity index (χ3v) is 6.40. The summed E-state index contributed by atoms with van der Waals surface area (Å²) in [6, 6.07) is 5.10. The highest BCUT2D eigenvalue weighted by Gasteiger charge is 2.24. The number of nitrogens with one attached hydrogen (secondary N) is 1. The van der Waals surface area contributed by atoms with Gasteiger partial charge in [-0.05, 0) is 38.9 Å². The van der Waals surface area contributed by atoms with E-state index in [9.17, 15) is 0 Å². The first-order chi connectivity index (χ1) is 15.2. The Bertz CT molecular complexity index is 1250. The third kappa shape index (κ3) is 3.24. The van der Waals surface area contributed by atoms with Crippen LogP contribution < -0.4 is 5.32 Å². The Hall–Kier alpha value is -3.04. The van der Waals surface area contributed by atoms with E-state index in [1.807, 2.05) is 23.1 Å². The number of likely N-dealkylation sites (tertiary alicyclic amines) is 1. The van der Waals surface area contributed by atoms with Gasteiger partial charge in [-0.15, -0.1) is 5.10 Å². The molecule has 0 atom stereocenters. The number of hydrogen-bond acceptors (Lipinski definition) is 7. The molecule has 0 spiro atoms. The second-order valence-corrected chi connectivity index (χ2v) is 8.64.